The van der Waals surface area contributed by atoms with Gasteiger partial charge in [0.1, 0.15) is 17.5 Å². The molecule has 3 atom stereocenters. The van der Waals surface area contributed by atoms with Gasteiger partial charge in [-0.2, -0.15) is 0 Å². The number of aliphatic hydroxyl groups excluding tert-OH is 1. The number of nitrogens with one attached hydrogen (secondary N) is 1. The van der Waals surface area contributed by atoms with E-state index in [0.29, 0.717) is 36.4 Å². The summed E-state index contributed by atoms with van der Waals surface area (Å²) in [6.07, 6.45) is 0.206. The van der Waals surface area contributed by atoms with Crippen LogP contribution in [0.2, 0.25) is 10.0 Å². The van der Waals surface area contributed by atoms with Crippen molar-refractivity contribution in [3.05, 3.63) is 45.9 Å². The maximum atomic E-state index is 11.7. The van der Waals surface area contributed by atoms with Crippen LogP contribution in [0.1, 0.15) is 38.2 Å². The number of piperidine rings is 1. The SMILES string of the molecule is CC(C)c1cc(Oc2c(Cl)cc(N3CCC(O)CC3C(NC=O)C(=O)O)cc2Cl)ccc1O. The van der Waals surface area contributed by atoms with Crippen molar-refractivity contribution >= 4 is 41.3 Å². The van der Waals surface area contributed by atoms with Crippen molar-refractivity contribution in [2.24, 2.45) is 0 Å². The lowest BCUT2D eigenvalue weighted by Gasteiger charge is -2.42. The number of carbonyl (C=O) groups excluding carboxylic acids is 1. The molecule has 1 fully saturated rings. The normalized spacial score (nSPS) is 19.3. The van der Waals surface area contributed by atoms with Crippen LogP contribution in [0, 0.1) is 0 Å². The van der Waals surface area contributed by atoms with E-state index >= 15 is 0 Å². The molecular formula is C23H26Cl2N2O6. The van der Waals surface area contributed by atoms with E-state index in [2.05, 4.69) is 5.32 Å². The number of halogens is 2. The third kappa shape index (κ3) is 5.63. The second kappa shape index (κ2) is 10.5. The van der Waals surface area contributed by atoms with Gasteiger partial charge in [0.15, 0.2) is 5.75 Å². The molecule has 2 aromatic rings. The number of carboxylic acid groups (broad SMARTS) is 1. The van der Waals surface area contributed by atoms with Crippen molar-refractivity contribution in [1.82, 2.24) is 5.32 Å². The van der Waals surface area contributed by atoms with Gasteiger partial charge in [-0.3, -0.25) is 4.79 Å². The Bertz CT molecular complexity index is 1010. The Morgan fingerprint density at radius 1 is 1.24 bits per heavy atom. The van der Waals surface area contributed by atoms with Crippen LogP contribution in [-0.4, -0.2) is 52.4 Å². The summed E-state index contributed by atoms with van der Waals surface area (Å²) in [7, 11) is 0. The van der Waals surface area contributed by atoms with E-state index in [0.717, 1.165) is 0 Å². The van der Waals surface area contributed by atoms with Crippen LogP contribution in [-0.2, 0) is 9.59 Å². The molecule has 10 heteroatoms. The first kappa shape index (κ1) is 25.0. The zero-order valence-electron chi connectivity index (χ0n) is 18.2. The number of anilines is 1. The molecule has 33 heavy (non-hydrogen) atoms. The van der Waals surface area contributed by atoms with E-state index in [1.807, 2.05) is 13.8 Å². The van der Waals surface area contributed by atoms with Gasteiger partial charge in [0.05, 0.1) is 22.2 Å². The fourth-order valence-electron chi connectivity index (χ4n) is 4.02. The van der Waals surface area contributed by atoms with E-state index in [1.54, 1.807) is 29.2 Å². The molecule has 2 aromatic carbocycles. The molecule has 0 bridgehead atoms. The zero-order valence-corrected chi connectivity index (χ0v) is 19.7. The van der Waals surface area contributed by atoms with Gasteiger partial charge in [-0.1, -0.05) is 37.0 Å². The number of phenolic OH excluding ortho intramolecular Hbond substituents is 1. The van der Waals surface area contributed by atoms with Crippen molar-refractivity contribution in [3.8, 4) is 17.2 Å². The summed E-state index contributed by atoms with van der Waals surface area (Å²) < 4.78 is 5.91. The number of aromatic hydroxyl groups is 1. The molecule has 0 aliphatic carbocycles. The second-order valence-corrected chi connectivity index (χ2v) is 9.07. The minimum atomic E-state index is -1.22. The third-order valence-corrected chi connectivity index (χ3v) is 6.23. The molecule has 0 aromatic heterocycles. The van der Waals surface area contributed by atoms with Crippen molar-refractivity contribution in [2.45, 2.75) is 50.8 Å². The fourth-order valence-corrected chi connectivity index (χ4v) is 4.57. The molecule has 178 valence electrons. The van der Waals surface area contributed by atoms with Crippen LogP contribution in [0.3, 0.4) is 0 Å². The topological polar surface area (TPSA) is 119 Å². The highest BCUT2D eigenvalue weighted by atomic mass is 35.5. The summed E-state index contributed by atoms with van der Waals surface area (Å²) in [5, 5.41) is 32.5. The van der Waals surface area contributed by atoms with Crippen molar-refractivity contribution in [3.63, 3.8) is 0 Å². The lowest BCUT2D eigenvalue weighted by Crippen LogP contribution is -2.58. The maximum Gasteiger partial charge on any atom is 0.328 e. The van der Waals surface area contributed by atoms with Crippen LogP contribution >= 0.6 is 23.2 Å². The van der Waals surface area contributed by atoms with Crippen LogP contribution < -0.4 is 15.0 Å². The first-order chi connectivity index (χ1) is 15.6. The molecule has 3 unspecified atom stereocenters. The average molecular weight is 497 g/mol. The van der Waals surface area contributed by atoms with Gasteiger partial charge in [-0.05, 0) is 49.1 Å². The number of amides is 1. The quantitative estimate of drug-likeness (QED) is 0.405. The monoisotopic (exact) mass is 496 g/mol. The number of aliphatic hydroxyl groups is 1. The lowest BCUT2D eigenvalue weighted by atomic mass is 9.92. The van der Waals surface area contributed by atoms with Crippen LogP contribution in [0.25, 0.3) is 0 Å². The third-order valence-electron chi connectivity index (χ3n) is 5.67. The Kier molecular flexibility index (Phi) is 7.94. The molecule has 1 amide bonds. The summed E-state index contributed by atoms with van der Waals surface area (Å²) in [4.78, 5) is 24.5. The molecule has 0 radical (unpaired) electrons. The number of aliphatic carboxylic acids is 1. The van der Waals surface area contributed by atoms with E-state index in [4.69, 9.17) is 27.9 Å². The predicted molar refractivity (Wildman–Crippen MR) is 126 cm³/mol. The Morgan fingerprint density at radius 3 is 2.48 bits per heavy atom. The van der Waals surface area contributed by atoms with Crippen LogP contribution in [0.15, 0.2) is 30.3 Å². The molecule has 0 spiro atoms. The van der Waals surface area contributed by atoms with Crippen LogP contribution in [0.5, 0.6) is 17.2 Å². The van der Waals surface area contributed by atoms with Gasteiger partial charge >= 0.3 is 5.97 Å². The minimum absolute atomic E-state index is 0.0791. The second-order valence-electron chi connectivity index (χ2n) is 8.26. The smallest absolute Gasteiger partial charge is 0.328 e. The summed E-state index contributed by atoms with van der Waals surface area (Å²) in [5.74, 6) is -0.294. The molecular weight excluding hydrogens is 471 g/mol. The molecule has 8 nitrogen and oxygen atoms in total. The van der Waals surface area contributed by atoms with Gasteiger partial charge in [0.25, 0.3) is 0 Å². The molecule has 1 aliphatic heterocycles. The Hall–Kier alpha value is -2.68. The Labute approximate surface area is 201 Å². The summed E-state index contributed by atoms with van der Waals surface area (Å²) in [6.45, 7) is 4.24. The number of nitrogens with zero attached hydrogens (tertiary/aromatic N) is 1. The molecule has 1 heterocycles. The Morgan fingerprint density at radius 2 is 1.91 bits per heavy atom. The number of ether oxygens (including phenoxy) is 1. The largest absolute Gasteiger partial charge is 0.508 e. The highest BCUT2D eigenvalue weighted by Crippen LogP contribution is 2.42. The highest BCUT2D eigenvalue weighted by Gasteiger charge is 2.38. The van der Waals surface area contributed by atoms with Gasteiger partial charge in [-0.15, -0.1) is 0 Å². The fraction of sp³-hybridized carbons (Fsp3) is 0.391. The molecule has 1 aliphatic rings. The number of carbonyl (C=O) groups is 2. The van der Waals surface area contributed by atoms with E-state index in [-0.39, 0.29) is 33.9 Å². The average Bonchev–Trinajstić information content (AvgIpc) is 2.75. The van der Waals surface area contributed by atoms with Crippen molar-refractivity contribution in [2.75, 3.05) is 11.4 Å². The number of phenols is 1. The minimum Gasteiger partial charge on any atom is -0.508 e. The summed E-state index contributed by atoms with van der Waals surface area (Å²) in [6, 6.07) is 6.14. The van der Waals surface area contributed by atoms with E-state index in [9.17, 15) is 24.9 Å². The standard InChI is InChI=1S/C23H26Cl2N2O6/c1-12(2)16-10-15(3-4-20(16)30)33-22-17(24)7-13(8-18(22)25)27-6-5-14(29)9-19(27)21(23(31)32)26-11-28/h3-4,7-8,10-12,14,19,21,29-30H,5-6,9H2,1-2H3,(H,26,28)(H,31,32). The number of rotatable bonds is 8. The van der Waals surface area contributed by atoms with E-state index < -0.39 is 24.2 Å². The van der Waals surface area contributed by atoms with Gasteiger partial charge < -0.3 is 30.3 Å². The molecule has 1 saturated heterocycles. The van der Waals surface area contributed by atoms with E-state index in [1.165, 1.54) is 6.07 Å². The maximum absolute atomic E-state index is 11.7. The number of hydrogen-bond acceptors (Lipinski definition) is 6. The Balaban J connectivity index is 1.93. The number of hydrogen-bond donors (Lipinski definition) is 4. The summed E-state index contributed by atoms with van der Waals surface area (Å²) in [5.41, 5.74) is 1.26. The predicted octanol–water partition coefficient (Wildman–Crippen LogP) is 4.14. The van der Waals surface area contributed by atoms with Crippen LogP contribution in [0.4, 0.5) is 5.69 Å². The first-order valence-corrected chi connectivity index (χ1v) is 11.2. The molecule has 0 saturated carbocycles. The number of carboxylic acids is 1. The van der Waals surface area contributed by atoms with Crippen molar-refractivity contribution < 1.29 is 29.6 Å². The van der Waals surface area contributed by atoms with Gasteiger partial charge in [0, 0.05) is 17.8 Å². The molecule has 4 N–H and O–H groups in total. The van der Waals surface area contributed by atoms with Gasteiger partial charge in [-0.25, -0.2) is 4.79 Å². The molecule has 3 rings (SSSR count). The highest BCUT2D eigenvalue weighted by molar-refractivity contribution is 6.37. The summed E-state index contributed by atoms with van der Waals surface area (Å²) >= 11 is 13.0. The first-order valence-electron chi connectivity index (χ1n) is 10.5. The number of benzene rings is 2. The zero-order chi connectivity index (χ0) is 24.3. The lowest BCUT2D eigenvalue weighted by molar-refractivity contribution is -0.141. The van der Waals surface area contributed by atoms with Crippen molar-refractivity contribution in [1.29, 1.82) is 0 Å². The van der Waals surface area contributed by atoms with Gasteiger partial charge in [0.2, 0.25) is 6.41 Å².